The van der Waals surface area contributed by atoms with Gasteiger partial charge in [0.25, 0.3) is 0 Å². The van der Waals surface area contributed by atoms with Crippen LogP contribution in [0.1, 0.15) is 12.8 Å². The van der Waals surface area contributed by atoms with E-state index in [-0.39, 0.29) is 29.8 Å². The Morgan fingerprint density at radius 1 is 1.03 bits per heavy atom. The molecule has 164 valence electrons. The first-order valence-electron chi connectivity index (χ1n) is 10.3. The van der Waals surface area contributed by atoms with Crippen molar-refractivity contribution in [1.29, 1.82) is 0 Å². The summed E-state index contributed by atoms with van der Waals surface area (Å²) in [6.07, 6.45) is 0.737. The number of piperidine rings is 1. The monoisotopic (exact) mass is 469 g/mol. The lowest BCUT2D eigenvalue weighted by atomic mass is 9.97. The minimum absolute atomic E-state index is 0.166. The van der Waals surface area contributed by atoms with Gasteiger partial charge in [-0.2, -0.15) is 4.31 Å². The number of fused-ring (bicyclic) bond motifs is 3. The highest BCUT2D eigenvalue weighted by Gasteiger charge is 2.33. The summed E-state index contributed by atoms with van der Waals surface area (Å²) >= 11 is 1.43. The molecule has 1 N–H and O–H groups in total. The van der Waals surface area contributed by atoms with Crippen LogP contribution < -0.4 is 5.32 Å². The van der Waals surface area contributed by atoms with Gasteiger partial charge in [-0.05, 0) is 36.4 Å². The Morgan fingerprint density at radius 2 is 1.75 bits per heavy atom. The quantitative estimate of drug-likeness (QED) is 0.473. The van der Waals surface area contributed by atoms with E-state index < -0.39 is 15.8 Å². The molecule has 2 heterocycles. The summed E-state index contributed by atoms with van der Waals surface area (Å²) in [7, 11) is -3.92. The van der Waals surface area contributed by atoms with Gasteiger partial charge in [-0.3, -0.25) is 4.79 Å². The number of hydrogen-bond donors (Lipinski definition) is 1. The maximum atomic E-state index is 14.0. The molecule has 1 aromatic heterocycles. The summed E-state index contributed by atoms with van der Waals surface area (Å²) < 4.78 is 41.8. The van der Waals surface area contributed by atoms with Crippen molar-refractivity contribution in [3.63, 3.8) is 0 Å². The number of amides is 1. The van der Waals surface area contributed by atoms with Crippen LogP contribution in [0.25, 0.3) is 21.0 Å². The number of nitrogens with one attached hydrogen (secondary N) is 1. The first-order chi connectivity index (χ1) is 15.4. The fourth-order valence-corrected chi connectivity index (χ4v) is 6.61. The highest BCUT2D eigenvalue weighted by atomic mass is 32.2. The molecule has 1 amide bonds. The smallest absolute Gasteiger partial charge is 0.245 e. The van der Waals surface area contributed by atoms with Gasteiger partial charge in [-0.1, -0.05) is 53.8 Å². The zero-order chi connectivity index (χ0) is 22.3. The Kier molecular flexibility index (Phi) is 5.40. The van der Waals surface area contributed by atoms with E-state index in [0.717, 1.165) is 27.1 Å². The summed E-state index contributed by atoms with van der Waals surface area (Å²) in [6.45, 7) is 0.332. The number of anilines is 1. The number of halogens is 1. The molecule has 5 rings (SSSR count). The molecule has 0 unspecified atom stereocenters. The maximum Gasteiger partial charge on any atom is 0.245 e. The standard InChI is InChI=1S/C23H20FN3O3S2/c24-18-7-3-4-8-20(18)32(29,30)27-13-11-16(12-14-27)22(28)26-23-25-19-10-9-15-5-1-2-6-17(15)21(19)31-23/h1-10,16H,11-14H2,(H,25,26,28). The van der Waals surface area contributed by atoms with Gasteiger partial charge in [0.1, 0.15) is 10.7 Å². The van der Waals surface area contributed by atoms with Crippen LogP contribution in [0.3, 0.4) is 0 Å². The molecule has 1 fully saturated rings. The predicted octanol–water partition coefficient (Wildman–Crippen LogP) is 4.63. The SMILES string of the molecule is O=C(Nc1nc2ccc3ccccc3c2s1)C1CCN(S(=O)(=O)c2ccccc2F)CC1. The van der Waals surface area contributed by atoms with Gasteiger partial charge in [0.15, 0.2) is 5.13 Å². The number of sulfonamides is 1. The molecule has 1 saturated heterocycles. The number of thiazole rings is 1. The van der Waals surface area contributed by atoms with E-state index >= 15 is 0 Å². The first kappa shape index (κ1) is 21.0. The van der Waals surface area contributed by atoms with E-state index in [4.69, 9.17) is 0 Å². The van der Waals surface area contributed by atoms with Gasteiger partial charge in [-0.25, -0.2) is 17.8 Å². The van der Waals surface area contributed by atoms with Crippen LogP contribution in [0.15, 0.2) is 65.6 Å². The normalized spacial score (nSPS) is 15.9. The molecule has 1 aliphatic rings. The molecule has 32 heavy (non-hydrogen) atoms. The topological polar surface area (TPSA) is 79.4 Å². The van der Waals surface area contributed by atoms with E-state index in [9.17, 15) is 17.6 Å². The lowest BCUT2D eigenvalue weighted by molar-refractivity contribution is -0.120. The highest BCUT2D eigenvalue weighted by Crippen LogP contribution is 2.33. The minimum atomic E-state index is -3.92. The van der Waals surface area contributed by atoms with Crippen molar-refractivity contribution in [2.75, 3.05) is 18.4 Å². The Hall–Kier alpha value is -2.88. The van der Waals surface area contributed by atoms with Crippen molar-refractivity contribution in [2.45, 2.75) is 17.7 Å². The number of rotatable bonds is 4. The number of benzene rings is 3. The van der Waals surface area contributed by atoms with Crippen molar-refractivity contribution >= 4 is 53.4 Å². The Labute approximate surface area is 188 Å². The van der Waals surface area contributed by atoms with Crippen molar-refractivity contribution in [3.05, 3.63) is 66.5 Å². The van der Waals surface area contributed by atoms with Crippen molar-refractivity contribution in [2.24, 2.45) is 5.92 Å². The first-order valence-corrected chi connectivity index (χ1v) is 12.5. The molecular formula is C23H20FN3O3S2. The summed E-state index contributed by atoms with van der Waals surface area (Å²) in [5.41, 5.74) is 0.829. The molecule has 0 spiro atoms. The molecule has 3 aromatic carbocycles. The van der Waals surface area contributed by atoms with Gasteiger partial charge < -0.3 is 5.32 Å². The van der Waals surface area contributed by atoms with Gasteiger partial charge in [-0.15, -0.1) is 0 Å². The minimum Gasteiger partial charge on any atom is -0.302 e. The van der Waals surface area contributed by atoms with Crippen LogP contribution in [0.2, 0.25) is 0 Å². The number of aromatic nitrogens is 1. The van der Waals surface area contributed by atoms with Gasteiger partial charge >= 0.3 is 0 Å². The van der Waals surface area contributed by atoms with Crippen LogP contribution in [0, 0.1) is 11.7 Å². The third kappa shape index (κ3) is 3.76. The average molecular weight is 470 g/mol. The lowest BCUT2D eigenvalue weighted by Crippen LogP contribution is -2.41. The van der Waals surface area contributed by atoms with Crippen LogP contribution >= 0.6 is 11.3 Å². The molecule has 6 nitrogen and oxygen atoms in total. The number of hydrogen-bond acceptors (Lipinski definition) is 5. The molecule has 4 aromatic rings. The zero-order valence-electron chi connectivity index (χ0n) is 17.0. The van der Waals surface area contributed by atoms with Crippen molar-refractivity contribution in [1.82, 2.24) is 9.29 Å². The molecule has 0 bridgehead atoms. The molecule has 1 aliphatic heterocycles. The van der Waals surface area contributed by atoms with Crippen LogP contribution in [-0.4, -0.2) is 36.7 Å². The van der Waals surface area contributed by atoms with Crippen LogP contribution in [-0.2, 0) is 14.8 Å². The summed E-state index contributed by atoms with van der Waals surface area (Å²) in [5, 5.41) is 5.64. The lowest BCUT2D eigenvalue weighted by Gasteiger charge is -2.30. The largest absolute Gasteiger partial charge is 0.302 e. The van der Waals surface area contributed by atoms with E-state index in [2.05, 4.69) is 10.3 Å². The summed E-state index contributed by atoms with van der Waals surface area (Å²) in [5.74, 6) is -1.27. The number of nitrogens with zero attached hydrogens (tertiary/aromatic N) is 2. The van der Waals surface area contributed by atoms with Crippen LogP contribution in [0.4, 0.5) is 9.52 Å². The van der Waals surface area contributed by atoms with Crippen molar-refractivity contribution < 1.29 is 17.6 Å². The van der Waals surface area contributed by atoms with E-state index in [1.165, 1.54) is 33.8 Å². The molecule has 0 aliphatic carbocycles. The molecule has 0 saturated carbocycles. The molecular weight excluding hydrogens is 449 g/mol. The molecule has 9 heteroatoms. The van der Waals surface area contributed by atoms with E-state index in [1.54, 1.807) is 0 Å². The second kappa shape index (κ2) is 8.23. The second-order valence-corrected chi connectivity index (χ2v) is 10.7. The summed E-state index contributed by atoms with van der Waals surface area (Å²) in [6, 6.07) is 17.3. The van der Waals surface area contributed by atoms with E-state index in [0.29, 0.717) is 18.0 Å². The third-order valence-electron chi connectivity index (χ3n) is 5.79. The Bertz CT molecular complexity index is 1430. The average Bonchev–Trinajstić information content (AvgIpc) is 3.22. The number of carbonyl (C=O) groups excluding carboxylic acids is 1. The highest BCUT2D eigenvalue weighted by molar-refractivity contribution is 7.89. The third-order valence-corrected chi connectivity index (χ3v) is 8.74. The fraction of sp³-hybridized carbons (Fsp3) is 0.217. The maximum absolute atomic E-state index is 14.0. The predicted molar refractivity (Wildman–Crippen MR) is 124 cm³/mol. The Morgan fingerprint density at radius 3 is 2.53 bits per heavy atom. The Balaban J connectivity index is 1.28. The van der Waals surface area contributed by atoms with Gasteiger partial charge in [0, 0.05) is 24.4 Å². The second-order valence-electron chi connectivity index (χ2n) is 7.75. The fourth-order valence-electron chi connectivity index (χ4n) is 4.07. The molecule has 0 atom stereocenters. The van der Waals surface area contributed by atoms with Gasteiger partial charge in [0.2, 0.25) is 15.9 Å². The molecule has 0 radical (unpaired) electrons. The van der Waals surface area contributed by atoms with Gasteiger partial charge in [0.05, 0.1) is 10.2 Å². The van der Waals surface area contributed by atoms with E-state index in [1.807, 2.05) is 36.4 Å². The zero-order valence-corrected chi connectivity index (χ0v) is 18.6. The summed E-state index contributed by atoms with van der Waals surface area (Å²) in [4.78, 5) is 17.0. The van der Waals surface area contributed by atoms with Crippen LogP contribution in [0.5, 0.6) is 0 Å². The van der Waals surface area contributed by atoms with Crippen molar-refractivity contribution in [3.8, 4) is 0 Å². The number of carbonyl (C=O) groups is 1.